The fourth-order valence-corrected chi connectivity index (χ4v) is 3.08. The Hall–Kier alpha value is -1.27. The van der Waals surface area contributed by atoms with Crippen molar-refractivity contribution in [1.29, 1.82) is 0 Å². The average Bonchev–Trinajstić information content (AvgIpc) is 2.69. The van der Waals surface area contributed by atoms with Crippen LogP contribution in [0.3, 0.4) is 0 Å². The molecular weight excluding hydrogens is 498 g/mol. The second-order valence-corrected chi connectivity index (χ2v) is 6.76. The van der Waals surface area contributed by atoms with Crippen molar-refractivity contribution in [3.63, 3.8) is 0 Å². The lowest BCUT2D eigenvalue weighted by Gasteiger charge is -2.39. The van der Waals surface area contributed by atoms with Crippen LogP contribution in [0.1, 0.15) is 12.5 Å². The highest BCUT2D eigenvalue weighted by atomic mass is 127. The van der Waals surface area contributed by atoms with Gasteiger partial charge < -0.3 is 20.3 Å². The van der Waals surface area contributed by atoms with E-state index >= 15 is 0 Å². The summed E-state index contributed by atoms with van der Waals surface area (Å²) in [7, 11) is 3.36. The van der Waals surface area contributed by atoms with Crippen molar-refractivity contribution in [2.75, 3.05) is 58.8 Å². The molecule has 0 amide bonds. The number of rotatable bonds is 7. The maximum atomic E-state index is 12.9. The molecule has 0 spiro atoms. The number of nitrogens with zero attached hydrogens (tertiary/aromatic N) is 3. The quantitative estimate of drug-likeness (QED) is 0.246. The number of nitrogens with one attached hydrogen (secondary N) is 2. The van der Waals surface area contributed by atoms with Crippen molar-refractivity contribution in [2.45, 2.75) is 25.7 Å². The van der Waals surface area contributed by atoms with Crippen molar-refractivity contribution in [1.82, 2.24) is 15.1 Å². The summed E-state index contributed by atoms with van der Waals surface area (Å²) >= 11 is 0. The Morgan fingerprint density at radius 2 is 1.79 bits per heavy atom. The molecule has 10 heteroatoms. The molecule has 1 heterocycles. The minimum Gasteiger partial charge on any atom is -0.383 e. The highest BCUT2D eigenvalue weighted by Crippen LogP contribution is 2.25. The molecule has 2 rings (SSSR count). The summed E-state index contributed by atoms with van der Waals surface area (Å²) in [6.07, 6.45) is -4.19. The Morgan fingerprint density at radius 1 is 1.17 bits per heavy atom. The van der Waals surface area contributed by atoms with Crippen LogP contribution in [0.25, 0.3) is 0 Å². The van der Waals surface area contributed by atoms with Crippen molar-refractivity contribution in [3.8, 4) is 0 Å². The molecule has 1 unspecified atom stereocenters. The number of methoxy groups -OCH3 is 1. The Labute approximate surface area is 187 Å². The predicted octanol–water partition coefficient (Wildman–Crippen LogP) is 3.01. The molecule has 1 aromatic rings. The molecule has 2 N–H and O–H groups in total. The summed E-state index contributed by atoms with van der Waals surface area (Å²) < 4.78 is 43.6. The van der Waals surface area contributed by atoms with Crippen LogP contribution in [0.15, 0.2) is 29.3 Å². The van der Waals surface area contributed by atoms with E-state index in [1.54, 1.807) is 14.2 Å². The number of piperazine rings is 1. The molecule has 29 heavy (non-hydrogen) atoms. The topological polar surface area (TPSA) is 52.1 Å². The van der Waals surface area contributed by atoms with Gasteiger partial charge in [-0.2, -0.15) is 13.2 Å². The van der Waals surface area contributed by atoms with E-state index in [-0.39, 0.29) is 24.0 Å². The molecule has 0 saturated carbocycles. The van der Waals surface area contributed by atoms with Crippen molar-refractivity contribution >= 4 is 35.6 Å². The first-order valence-corrected chi connectivity index (χ1v) is 9.43. The van der Waals surface area contributed by atoms with E-state index in [0.29, 0.717) is 45.3 Å². The zero-order valence-electron chi connectivity index (χ0n) is 17.1. The van der Waals surface area contributed by atoms with Crippen LogP contribution in [-0.4, -0.2) is 81.5 Å². The van der Waals surface area contributed by atoms with Gasteiger partial charge in [0.25, 0.3) is 0 Å². The largest absolute Gasteiger partial charge is 0.403 e. The number of hydrogen-bond acceptors (Lipinski definition) is 4. The van der Waals surface area contributed by atoms with Crippen molar-refractivity contribution < 1.29 is 17.9 Å². The van der Waals surface area contributed by atoms with Crippen LogP contribution in [-0.2, 0) is 11.3 Å². The zero-order chi connectivity index (χ0) is 20.6. The van der Waals surface area contributed by atoms with Crippen LogP contribution in [0.5, 0.6) is 0 Å². The molecule has 1 fully saturated rings. The number of alkyl halides is 3. The van der Waals surface area contributed by atoms with E-state index in [4.69, 9.17) is 4.74 Å². The summed E-state index contributed by atoms with van der Waals surface area (Å²) in [4.78, 5) is 7.75. The molecule has 1 saturated heterocycles. The van der Waals surface area contributed by atoms with Gasteiger partial charge in [0.1, 0.15) is 6.04 Å². The molecule has 6 nitrogen and oxygen atoms in total. The lowest BCUT2D eigenvalue weighted by Crippen LogP contribution is -2.56. The third kappa shape index (κ3) is 8.17. The summed E-state index contributed by atoms with van der Waals surface area (Å²) in [6.45, 7) is 4.98. The number of guanidine groups is 1. The monoisotopic (exact) mass is 529 g/mol. The number of aliphatic imine (C=N–C) groups is 1. The van der Waals surface area contributed by atoms with Gasteiger partial charge in [-0.05, 0) is 24.6 Å². The second-order valence-electron chi connectivity index (χ2n) is 6.76. The first kappa shape index (κ1) is 25.8. The third-order valence-electron chi connectivity index (χ3n) is 4.89. The fraction of sp³-hybridized carbons (Fsp3) is 0.632. The Morgan fingerprint density at radius 3 is 2.31 bits per heavy atom. The zero-order valence-corrected chi connectivity index (χ0v) is 19.5. The molecule has 166 valence electrons. The molecule has 0 bridgehead atoms. The highest BCUT2D eigenvalue weighted by molar-refractivity contribution is 14.0. The van der Waals surface area contributed by atoms with Crippen LogP contribution in [0.4, 0.5) is 18.9 Å². The summed E-state index contributed by atoms with van der Waals surface area (Å²) in [5.41, 5.74) is 2.13. The van der Waals surface area contributed by atoms with Crippen LogP contribution < -0.4 is 10.6 Å². The highest BCUT2D eigenvalue weighted by Gasteiger charge is 2.41. The van der Waals surface area contributed by atoms with Gasteiger partial charge in [-0.25, -0.2) is 0 Å². The molecule has 1 atom stereocenters. The average molecular weight is 529 g/mol. The predicted molar refractivity (Wildman–Crippen MR) is 121 cm³/mol. The molecule has 0 aliphatic carbocycles. The minimum absolute atomic E-state index is 0. The lowest BCUT2D eigenvalue weighted by molar-refractivity contribution is -0.181. The maximum Gasteiger partial charge on any atom is 0.403 e. The van der Waals surface area contributed by atoms with Gasteiger partial charge in [-0.15, -0.1) is 24.0 Å². The van der Waals surface area contributed by atoms with E-state index in [9.17, 15) is 13.2 Å². The Bertz CT molecular complexity index is 619. The van der Waals surface area contributed by atoms with Crippen molar-refractivity contribution in [3.05, 3.63) is 29.8 Å². The van der Waals surface area contributed by atoms with E-state index in [2.05, 4.69) is 15.6 Å². The second kappa shape index (κ2) is 12.4. The molecule has 0 radical (unpaired) electrons. The van der Waals surface area contributed by atoms with Gasteiger partial charge in [-0.3, -0.25) is 9.89 Å². The van der Waals surface area contributed by atoms with Gasteiger partial charge in [0.15, 0.2) is 5.96 Å². The van der Waals surface area contributed by atoms with E-state index < -0.39 is 12.2 Å². The van der Waals surface area contributed by atoms with E-state index in [0.717, 1.165) is 17.8 Å². The smallest absolute Gasteiger partial charge is 0.383 e. The van der Waals surface area contributed by atoms with Crippen LogP contribution >= 0.6 is 24.0 Å². The van der Waals surface area contributed by atoms with Gasteiger partial charge >= 0.3 is 6.18 Å². The molecule has 1 aliphatic heterocycles. The van der Waals surface area contributed by atoms with Gasteiger partial charge in [0.2, 0.25) is 0 Å². The van der Waals surface area contributed by atoms with E-state index in [1.165, 1.54) is 11.8 Å². The fourth-order valence-electron chi connectivity index (χ4n) is 3.08. The van der Waals surface area contributed by atoms with E-state index in [1.807, 2.05) is 29.2 Å². The first-order valence-electron chi connectivity index (χ1n) is 9.43. The Kier molecular flexibility index (Phi) is 11.0. The van der Waals surface area contributed by atoms with Gasteiger partial charge in [-0.1, -0.05) is 12.1 Å². The lowest BCUT2D eigenvalue weighted by atomic mass is 10.2. The number of benzene rings is 1. The summed E-state index contributed by atoms with van der Waals surface area (Å²) in [6, 6.07) is 6.65. The number of ether oxygens (including phenoxy) is 1. The van der Waals surface area contributed by atoms with Gasteiger partial charge in [0, 0.05) is 59.1 Å². The Balaban J connectivity index is 0.00000420. The van der Waals surface area contributed by atoms with Crippen LogP contribution in [0.2, 0.25) is 0 Å². The number of anilines is 1. The SMILES string of the molecule is CN=C(NCc1ccc(NCCOC)cc1)N1CCN(C(C)C(F)(F)F)CC1.I. The molecule has 1 aromatic carbocycles. The number of halogens is 4. The maximum absolute atomic E-state index is 12.9. The summed E-state index contributed by atoms with van der Waals surface area (Å²) in [5.74, 6) is 0.710. The van der Waals surface area contributed by atoms with Crippen molar-refractivity contribution in [2.24, 2.45) is 4.99 Å². The molecule has 0 aromatic heterocycles. The summed E-state index contributed by atoms with van der Waals surface area (Å²) in [5, 5.41) is 6.56. The third-order valence-corrected chi connectivity index (χ3v) is 4.89. The minimum atomic E-state index is -4.19. The molecular formula is C19H31F3IN5O. The number of hydrogen-bond donors (Lipinski definition) is 2. The standard InChI is InChI=1S/C19H30F3N5O.HI/c1-15(19(20,21)22)26-9-11-27(12-10-26)18(23-2)25-14-16-4-6-17(7-5-16)24-8-13-28-3;/h4-7,15,24H,8-14H2,1-3H3,(H,23,25);1H. The van der Waals surface area contributed by atoms with Gasteiger partial charge in [0.05, 0.1) is 6.61 Å². The molecule has 1 aliphatic rings. The van der Waals surface area contributed by atoms with Crippen LogP contribution in [0, 0.1) is 0 Å². The normalized spacial score (nSPS) is 16.9. The first-order chi connectivity index (χ1) is 13.3.